The van der Waals surface area contributed by atoms with E-state index in [0.717, 1.165) is 39.3 Å². The van der Waals surface area contributed by atoms with Crippen LogP contribution in [0.25, 0.3) is 39.0 Å². The minimum Gasteiger partial charge on any atom is -0.439 e. The van der Waals surface area contributed by atoms with Crippen LogP contribution in [0.5, 0.6) is 11.6 Å². The van der Waals surface area contributed by atoms with Gasteiger partial charge in [-0.25, -0.2) is 9.97 Å². The zero-order valence-corrected chi connectivity index (χ0v) is 23.3. The minimum absolute atomic E-state index is 0.0172. The van der Waals surface area contributed by atoms with E-state index in [9.17, 15) is 0 Å². The van der Waals surface area contributed by atoms with E-state index >= 15 is 0 Å². The predicted molar refractivity (Wildman–Crippen MR) is 158 cm³/mol. The zero-order valence-electron chi connectivity index (χ0n) is 23.3. The lowest BCUT2D eigenvalue weighted by molar-refractivity contribution is 0.464. The van der Waals surface area contributed by atoms with Gasteiger partial charge in [0.05, 0.1) is 16.7 Å². The number of benzene rings is 2. The third-order valence-corrected chi connectivity index (χ3v) is 7.08. The highest BCUT2D eigenvalue weighted by atomic mass is 16.5. The normalized spacial score (nSPS) is 12.4. The molecule has 0 aliphatic carbocycles. The third-order valence-electron chi connectivity index (χ3n) is 7.08. The minimum atomic E-state index is -0.0194. The molecule has 0 bridgehead atoms. The second-order valence-electron chi connectivity index (χ2n) is 12.1. The van der Waals surface area contributed by atoms with Crippen LogP contribution in [0, 0.1) is 0 Å². The van der Waals surface area contributed by atoms with Crippen LogP contribution in [0.2, 0.25) is 0 Å². The fraction of sp³-hybridized carbons (Fsp3) is 0.242. The van der Waals surface area contributed by atoms with Crippen LogP contribution < -0.4 is 4.74 Å². The molecular formula is C33H33N5O. The van der Waals surface area contributed by atoms with Gasteiger partial charge in [0.2, 0.25) is 5.88 Å². The van der Waals surface area contributed by atoms with Crippen molar-refractivity contribution in [3.05, 3.63) is 96.3 Å². The summed E-state index contributed by atoms with van der Waals surface area (Å²) < 4.78 is 8.52. The molecule has 4 heterocycles. The van der Waals surface area contributed by atoms with Gasteiger partial charge >= 0.3 is 0 Å². The molecule has 0 radical (unpaired) electrons. The Bertz CT molecular complexity index is 1810. The number of H-pyrrole nitrogens is 1. The number of hydrogen-bond acceptors (Lipinski definition) is 4. The molecular weight excluding hydrogens is 482 g/mol. The lowest BCUT2D eigenvalue weighted by Crippen LogP contribution is -2.12. The molecule has 0 saturated heterocycles. The first-order valence-electron chi connectivity index (χ1n) is 13.3. The second kappa shape index (κ2) is 9.09. The number of aromatic amines is 1. The van der Waals surface area contributed by atoms with Gasteiger partial charge in [-0.1, -0.05) is 65.8 Å². The summed E-state index contributed by atoms with van der Waals surface area (Å²) in [6, 6.07) is 26.7. The predicted octanol–water partition coefficient (Wildman–Crippen LogP) is 8.35. The Morgan fingerprint density at radius 2 is 1.51 bits per heavy atom. The molecule has 196 valence electrons. The van der Waals surface area contributed by atoms with E-state index in [0.29, 0.717) is 11.6 Å². The number of fused-ring (bicyclic) bond motifs is 3. The molecule has 6 nitrogen and oxygen atoms in total. The Morgan fingerprint density at radius 3 is 2.28 bits per heavy atom. The van der Waals surface area contributed by atoms with Crippen LogP contribution in [0.4, 0.5) is 0 Å². The van der Waals surface area contributed by atoms with E-state index in [-0.39, 0.29) is 10.8 Å². The van der Waals surface area contributed by atoms with E-state index < -0.39 is 0 Å². The van der Waals surface area contributed by atoms with E-state index in [4.69, 9.17) is 14.7 Å². The summed E-state index contributed by atoms with van der Waals surface area (Å²) in [6.07, 6.45) is 1.90. The summed E-state index contributed by atoms with van der Waals surface area (Å²) in [4.78, 5) is 9.53. The van der Waals surface area contributed by atoms with Crippen molar-refractivity contribution < 1.29 is 4.74 Å². The highest BCUT2D eigenvalue weighted by Crippen LogP contribution is 2.36. The van der Waals surface area contributed by atoms with Crippen molar-refractivity contribution in [3.63, 3.8) is 0 Å². The molecule has 0 atom stereocenters. The number of aromatic nitrogens is 5. The van der Waals surface area contributed by atoms with Gasteiger partial charge in [-0.2, -0.15) is 5.10 Å². The summed E-state index contributed by atoms with van der Waals surface area (Å²) in [7, 11) is 0. The maximum absolute atomic E-state index is 6.30. The van der Waals surface area contributed by atoms with Crippen molar-refractivity contribution in [1.29, 1.82) is 0 Å². The number of ether oxygens (including phenoxy) is 1. The average Bonchev–Trinajstić information content (AvgIpc) is 3.52. The van der Waals surface area contributed by atoms with Crippen molar-refractivity contribution in [2.75, 3.05) is 0 Å². The number of rotatable bonds is 4. The lowest BCUT2D eigenvalue weighted by atomic mass is 9.88. The molecule has 0 unspecified atom stereocenters. The highest BCUT2D eigenvalue weighted by molar-refractivity contribution is 6.09. The van der Waals surface area contributed by atoms with E-state index in [2.05, 4.69) is 111 Å². The van der Waals surface area contributed by atoms with Gasteiger partial charge in [0, 0.05) is 40.2 Å². The van der Waals surface area contributed by atoms with Gasteiger partial charge in [0.25, 0.3) is 0 Å². The number of nitrogens with zero attached hydrogens (tertiary/aromatic N) is 4. The zero-order chi connectivity index (χ0) is 27.4. The van der Waals surface area contributed by atoms with Gasteiger partial charge in [0.15, 0.2) is 0 Å². The standard InChI is InChI=1S/C33H33N5O/c1-32(2,3)21-16-17-34-30(18-21)38-27-12-8-7-10-23(27)24-15-14-22(19-28(24)38)39-31-13-9-11-25(35-31)26-20-29(37-36-26)33(4,5)6/h7-20H,1-6H3,(H,36,37). The number of nitrogens with one attached hydrogen (secondary N) is 1. The van der Waals surface area contributed by atoms with E-state index in [1.165, 1.54) is 10.9 Å². The van der Waals surface area contributed by atoms with Crippen molar-refractivity contribution in [1.82, 2.24) is 24.7 Å². The molecule has 6 aromatic rings. The first-order chi connectivity index (χ1) is 18.6. The quantitative estimate of drug-likeness (QED) is 0.256. The summed E-state index contributed by atoms with van der Waals surface area (Å²) in [6.45, 7) is 13.1. The van der Waals surface area contributed by atoms with Crippen LogP contribution in [0.1, 0.15) is 52.8 Å². The summed E-state index contributed by atoms with van der Waals surface area (Å²) in [5, 5.41) is 9.95. The summed E-state index contributed by atoms with van der Waals surface area (Å²) in [5.74, 6) is 2.11. The molecule has 1 N–H and O–H groups in total. The Labute approximate surface area is 228 Å². The molecule has 6 heteroatoms. The van der Waals surface area contributed by atoms with Crippen LogP contribution in [0.3, 0.4) is 0 Å². The number of hydrogen-bond donors (Lipinski definition) is 1. The average molecular weight is 516 g/mol. The fourth-order valence-electron chi connectivity index (χ4n) is 4.84. The molecule has 6 rings (SSSR count). The summed E-state index contributed by atoms with van der Waals surface area (Å²) in [5.41, 5.74) is 6.00. The molecule has 4 aromatic heterocycles. The SMILES string of the molecule is CC(C)(C)c1ccnc(-n2c3ccccc3c3ccc(Oc4cccc(-c5cc(C(C)(C)C)[nH]n5)n4)cc32)c1. The second-order valence-corrected chi connectivity index (χ2v) is 12.1. The van der Waals surface area contributed by atoms with Crippen LogP contribution >= 0.6 is 0 Å². The Kier molecular flexibility index (Phi) is 5.79. The van der Waals surface area contributed by atoms with E-state index in [1.807, 2.05) is 30.5 Å². The molecule has 2 aromatic carbocycles. The monoisotopic (exact) mass is 515 g/mol. The largest absolute Gasteiger partial charge is 0.439 e. The van der Waals surface area contributed by atoms with Gasteiger partial charge in [-0.05, 0) is 53.4 Å². The van der Waals surface area contributed by atoms with Crippen LogP contribution in [-0.4, -0.2) is 24.7 Å². The molecule has 0 fully saturated rings. The fourth-order valence-corrected chi connectivity index (χ4v) is 4.84. The molecule has 0 spiro atoms. The molecule has 0 aliphatic heterocycles. The van der Waals surface area contributed by atoms with E-state index in [1.54, 1.807) is 0 Å². The Hall–Kier alpha value is -4.45. The first kappa shape index (κ1) is 24.9. The van der Waals surface area contributed by atoms with Gasteiger partial charge in [0.1, 0.15) is 17.3 Å². The maximum atomic E-state index is 6.30. The third kappa shape index (κ3) is 4.67. The molecule has 0 amide bonds. The highest BCUT2D eigenvalue weighted by Gasteiger charge is 2.19. The van der Waals surface area contributed by atoms with Crippen LogP contribution in [-0.2, 0) is 10.8 Å². The maximum Gasteiger partial charge on any atom is 0.219 e. The Balaban J connectivity index is 1.42. The smallest absolute Gasteiger partial charge is 0.219 e. The van der Waals surface area contributed by atoms with Crippen LogP contribution in [0.15, 0.2) is 85.1 Å². The lowest BCUT2D eigenvalue weighted by Gasteiger charge is -2.20. The van der Waals surface area contributed by atoms with Gasteiger partial charge < -0.3 is 4.74 Å². The van der Waals surface area contributed by atoms with Gasteiger partial charge in [-0.3, -0.25) is 9.67 Å². The first-order valence-corrected chi connectivity index (χ1v) is 13.3. The van der Waals surface area contributed by atoms with Gasteiger partial charge in [-0.15, -0.1) is 0 Å². The topological polar surface area (TPSA) is 68.6 Å². The number of para-hydroxylation sites is 1. The van der Waals surface area contributed by atoms with Crippen molar-refractivity contribution in [3.8, 4) is 28.8 Å². The Morgan fingerprint density at radius 1 is 0.718 bits per heavy atom. The van der Waals surface area contributed by atoms with Crippen molar-refractivity contribution in [2.45, 2.75) is 52.4 Å². The molecule has 0 aliphatic rings. The van der Waals surface area contributed by atoms with Crippen molar-refractivity contribution >= 4 is 21.8 Å². The number of pyridine rings is 2. The molecule has 39 heavy (non-hydrogen) atoms. The summed E-state index contributed by atoms with van der Waals surface area (Å²) >= 11 is 0. The molecule has 0 saturated carbocycles. The van der Waals surface area contributed by atoms with Crippen molar-refractivity contribution in [2.24, 2.45) is 0 Å².